The number of benzene rings is 1. The third kappa shape index (κ3) is 3.76. The largest absolute Gasteiger partial charge is 0.340 e. The Bertz CT molecular complexity index is 597. The number of hydrogen-bond donors (Lipinski definition) is 1. The number of hydrogen-bond acceptors (Lipinski definition) is 3. The molecule has 5 heteroatoms. The van der Waals surface area contributed by atoms with Crippen LogP contribution in [0.2, 0.25) is 0 Å². The summed E-state index contributed by atoms with van der Waals surface area (Å²) in [4.78, 5) is 8.90. The second-order valence-electron chi connectivity index (χ2n) is 4.67. The first-order chi connectivity index (χ1) is 8.95. The van der Waals surface area contributed by atoms with E-state index in [1.54, 1.807) is 0 Å². The molecule has 1 aromatic carbocycles. The lowest BCUT2D eigenvalue weighted by atomic mass is 10.2. The Morgan fingerprint density at radius 1 is 1.11 bits per heavy atom. The Morgan fingerprint density at radius 3 is 2.47 bits per heavy atom. The van der Waals surface area contributed by atoms with Crippen molar-refractivity contribution in [3.05, 3.63) is 44.7 Å². The highest BCUT2D eigenvalue weighted by Gasteiger charge is 2.08. The summed E-state index contributed by atoms with van der Waals surface area (Å²) in [5.74, 6) is 1.92. The lowest BCUT2D eigenvalue weighted by Crippen LogP contribution is -2.03. The van der Waals surface area contributed by atoms with E-state index in [1.165, 1.54) is 0 Å². The van der Waals surface area contributed by atoms with Crippen molar-refractivity contribution in [2.75, 3.05) is 5.32 Å². The number of aromatic nitrogens is 2. The third-order valence-corrected chi connectivity index (χ3v) is 3.58. The van der Waals surface area contributed by atoms with E-state index < -0.39 is 0 Å². The lowest BCUT2D eigenvalue weighted by Gasteiger charge is -2.11. The summed E-state index contributed by atoms with van der Waals surface area (Å²) >= 11 is 6.89. The monoisotopic (exact) mass is 383 g/mol. The molecule has 0 bridgehead atoms. The van der Waals surface area contributed by atoms with Crippen LogP contribution in [0.25, 0.3) is 0 Å². The molecule has 0 atom stereocenters. The molecule has 0 amide bonds. The quantitative estimate of drug-likeness (QED) is 0.741. The molecule has 0 aliphatic heterocycles. The van der Waals surface area contributed by atoms with Gasteiger partial charge in [0.2, 0.25) is 0 Å². The fourth-order valence-corrected chi connectivity index (χ4v) is 2.54. The Hall–Kier alpha value is -0.940. The molecule has 0 radical (unpaired) electrons. The Labute approximate surface area is 130 Å². The molecule has 100 valence electrons. The van der Waals surface area contributed by atoms with E-state index >= 15 is 0 Å². The maximum Gasteiger partial charge on any atom is 0.135 e. The molecule has 0 aliphatic carbocycles. The Kier molecular flexibility index (Phi) is 4.58. The van der Waals surface area contributed by atoms with Crippen LogP contribution >= 0.6 is 31.9 Å². The first-order valence-corrected chi connectivity index (χ1v) is 7.62. The van der Waals surface area contributed by atoms with Crippen LogP contribution in [0, 0.1) is 6.92 Å². The van der Waals surface area contributed by atoms with Crippen molar-refractivity contribution in [3.63, 3.8) is 0 Å². The molecular weight excluding hydrogens is 370 g/mol. The van der Waals surface area contributed by atoms with Gasteiger partial charge in [0.15, 0.2) is 0 Å². The number of nitrogens with zero attached hydrogens (tertiary/aromatic N) is 2. The third-order valence-electron chi connectivity index (χ3n) is 2.68. The highest BCUT2D eigenvalue weighted by molar-refractivity contribution is 9.10. The Balaban J connectivity index is 2.32. The van der Waals surface area contributed by atoms with Crippen molar-refractivity contribution >= 4 is 43.4 Å². The summed E-state index contributed by atoms with van der Waals surface area (Å²) in [6.07, 6.45) is 0. The van der Waals surface area contributed by atoms with Gasteiger partial charge in [-0.3, -0.25) is 0 Å². The maximum atomic E-state index is 4.53. The van der Waals surface area contributed by atoms with Gasteiger partial charge in [-0.2, -0.15) is 0 Å². The van der Waals surface area contributed by atoms with E-state index in [4.69, 9.17) is 0 Å². The molecule has 0 saturated heterocycles. The highest BCUT2D eigenvalue weighted by Crippen LogP contribution is 2.25. The summed E-state index contributed by atoms with van der Waals surface area (Å²) < 4.78 is 1.87. The number of aryl methyl sites for hydroxylation is 1. The van der Waals surface area contributed by atoms with Gasteiger partial charge in [-0.1, -0.05) is 29.8 Å². The van der Waals surface area contributed by atoms with Crippen molar-refractivity contribution in [2.45, 2.75) is 26.7 Å². The minimum Gasteiger partial charge on any atom is -0.340 e. The molecule has 1 heterocycles. The van der Waals surface area contributed by atoms with Crippen molar-refractivity contribution in [2.24, 2.45) is 0 Å². The number of halogens is 2. The normalized spacial score (nSPS) is 10.8. The number of anilines is 2. The molecule has 1 aromatic heterocycles. The molecular formula is C14H15Br2N3. The van der Waals surface area contributed by atoms with Crippen LogP contribution in [0.15, 0.2) is 33.3 Å². The minimum atomic E-state index is 0.295. The van der Waals surface area contributed by atoms with Crippen molar-refractivity contribution in [1.82, 2.24) is 9.97 Å². The fourth-order valence-electron chi connectivity index (χ4n) is 1.66. The Morgan fingerprint density at radius 2 is 1.84 bits per heavy atom. The summed E-state index contributed by atoms with van der Waals surface area (Å²) in [6, 6.07) is 7.99. The molecule has 0 aliphatic rings. The van der Waals surface area contributed by atoms with Gasteiger partial charge in [0.25, 0.3) is 0 Å². The van der Waals surface area contributed by atoms with Gasteiger partial charge in [-0.15, -0.1) is 0 Å². The van der Waals surface area contributed by atoms with Gasteiger partial charge in [-0.05, 0) is 46.6 Å². The second kappa shape index (κ2) is 6.01. The summed E-state index contributed by atoms with van der Waals surface area (Å²) in [5.41, 5.74) is 2.21. The molecule has 0 spiro atoms. The number of rotatable bonds is 3. The van der Waals surface area contributed by atoms with Crippen LogP contribution in [-0.2, 0) is 0 Å². The van der Waals surface area contributed by atoms with Gasteiger partial charge in [-0.25, -0.2) is 9.97 Å². The first-order valence-electron chi connectivity index (χ1n) is 6.03. The van der Waals surface area contributed by atoms with E-state index in [0.29, 0.717) is 5.92 Å². The molecule has 1 N–H and O–H groups in total. The van der Waals surface area contributed by atoms with Crippen LogP contribution in [-0.4, -0.2) is 9.97 Å². The van der Waals surface area contributed by atoms with Gasteiger partial charge in [0.1, 0.15) is 16.2 Å². The zero-order chi connectivity index (χ0) is 14.0. The average molecular weight is 385 g/mol. The molecule has 2 rings (SSSR count). The van der Waals surface area contributed by atoms with Crippen LogP contribution < -0.4 is 5.32 Å². The lowest BCUT2D eigenvalue weighted by molar-refractivity contribution is 0.771. The molecule has 0 saturated carbocycles. The van der Waals surface area contributed by atoms with Crippen LogP contribution in [0.4, 0.5) is 11.5 Å². The standard InChI is InChI=1S/C14H15Br2N3/c1-8(2)14-18-12(16)7-13(19-14)17-11-5-4-10(15)6-9(11)3/h4-8H,1-3H3,(H,17,18,19). The highest BCUT2D eigenvalue weighted by atomic mass is 79.9. The predicted molar refractivity (Wildman–Crippen MR) is 86.0 cm³/mol. The maximum absolute atomic E-state index is 4.53. The smallest absolute Gasteiger partial charge is 0.135 e. The topological polar surface area (TPSA) is 37.8 Å². The minimum absolute atomic E-state index is 0.295. The van der Waals surface area contributed by atoms with Gasteiger partial charge in [0.05, 0.1) is 0 Å². The van der Waals surface area contributed by atoms with Crippen LogP contribution in [0.3, 0.4) is 0 Å². The SMILES string of the molecule is Cc1cc(Br)ccc1Nc1cc(Br)nc(C(C)C)n1. The summed E-state index contributed by atoms with van der Waals surface area (Å²) in [6.45, 7) is 6.22. The van der Waals surface area contributed by atoms with E-state index in [2.05, 4.69) is 74.0 Å². The van der Waals surface area contributed by atoms with Gasteiger partial charge >= 0.3 is 0 Å². The molecule has 19 heavy (non-hydrogen) atoms. The first kappa shape index (κ1) is 14.5. The molecule has 0 unspecified atom stereocenters. The molecule has 0 fully saturated rings. The zero-order valence-electron chi connectivity index (χ0n) is 11.0. The molecule has 3 nitrogen and oxygen atoms in total. The van der Waals surface area contributed by atoms with E-state index in [1.807, 2.05) is 18.2 Å². The van der Waals surface area contributed by atoms with Crippen molar-refractivity contribution < 1.29 is 0 Å². The summed E-state index contributed by atoms with van der Waals surface area (Å²) in [7, 11) is 0. The fraction of sp³-hybridized carbons (Fsp3) is 0.286. The van der Waals surface area contributed by atoms with Crippen molar-refractivity contribution in [3.8, 4) is 0 Å². The average Bonchev–Trinajstić information content (AvgIpc) is 2.32. The summed E-state index contributed by atoms with van der Waals surface area (Å²) in [5, 5.41) is 3.33. The zero-order valence-corrected chi connectivity index (χ0v) is 14.2. The van der Waals surface area contributed by atoms with Crippen LogP contribution in [0.1, 0.15) is 31.2 Å². The van der Waals surface area contributed by atoms with E-state index in [9.17, 15) is 0 Å². The predicted octanol–water partition coefficient (Wildman–Crippen LogP) is 5.18. The number of nitrogens with one attached hydrogen (secondary N) is 1. The van der Waals surface area contributed by atoms with E-state index in [-0.39, 0.29) is 0 Å². The second-order valence-corrected chi connectivity index (χ2v) is 6.40. The van der Waals surface area contributed by atoms with Gasteiger partial charge < -0.3 is 5.32 Å². The van der Waals surface area contributed by atoms with E-state index in [0.717, 1.165) is 32.0 Å². The van der Waals surface area contributed by atoms with Gasteiger partial charge in [0, 0.05) is 22.1 Å². The van der Waals surface area contributed by atoms with Crippen LogP contribution in [0.5, 0.6) is 0 Å². The van der Waals surface area contributed by atoms with Crippen molar-refractivity contribution in [1.29, 1.82) is 0 Å². The molecule has 2 aromatic rings.